The summed E-state index contributed by atoms with van der Waals surface area (Å²) in [7, 11) is 0. The second-order valence-corrected chi connectivity index (χ2v) is 7.88. The van der Waals surface area contributed by atoms with Crippen molar-refractivity contribution in [1.29, 1.82) is 0 Å². The molecule has 0 spiro atoms. The number of hydrogen-bond acceptors (Lipinski definition) is 2. The molecule has 5 nitrogen and oxygen atoms in total. The number of piperidine rings is 1. The van der Waals surface area contributed by atoms with Crippen LogP contribution in [0.2, 0.25) is 0 Å². The average molecular weight is 395 g/mol. The largest absolute Gasteiger partial charge is 0.335 e. The fraction of sp³-hybridized carbons (Fsp3) is 0.391. The first-order valence-corrected chi connectivity index (χ1v) is 10.3. The standard InChI is InChI=1S/C23H26FN3O2/c24-19-8-6-17(7-9-19)16-27(21-10-11-21)22(28)18-12-14-26(15-13-18)23(29)25-20-4-2-1-3-5-20/h1-9,18,21H,10-16H2,(H,25,29). The van der Waals surface area contributed by atoms with E-state index < -0.39 is 0 Å². The van der Waals surface area contributed by atoms with Crippen molar-refractivity contribution in [2.75, 3.05) is 18.4 Å². The molecule has 1 aliphatic heterocycles. The Balaban J connectivity index is 1.32. The summed E-state index contributed by atoms with van der Waals surface area (Å²) in [4.78, 5) is 29.3. The lowest BCUT2D eigenvalue weighted by atomic mass is 9.95. The predicted octanol–water partition coefficient (Wildman–Crippen LogP) is 4.26. The Labute approximate surface area is 170 Å². The van der Waals surface area contributed by atoms with E-state index in [4.69, 9.17) is 0 Å². The highest BCUT2D eigenvalue weighted by Gasteiger charge is 2.37. The van der Waals surface area contributed by atoms with Crippen molar-refractivity contribution in [2.45, 2.75) is 38.3 Å². The third kappa shape index (κ3) is 4.94. The lowest BCUT2D eigenvalue weighted by Crippen LogP contribution is -2.46. The van der Waals surface area contributed by atoms with Gasteiger partial charge in [-0.05, 0) is 55.5 Å². The summed E-state index contributed by atoms with van der Waals surface area (Å²) in [5.74, 6) is -0.157. The van der Waals surface area contributed by atoms with Gasteiger partial charge < -0.3 is 15.1 Å². The molecule has 1 aliphatic carbocycles. The summed E-state index contributed by atoms with van der Waals surface area (Å²) >= 11 is 0. The average Bonchev–Trinajstić information content (AvgIpc) is 3.59. The molecule has 1 saturated carbocycles. The maximum Gasteiger partial charge on any atom is 0.321 e. The van der Waals surface area contributed by atoms with E-state index in [2.05, 4.69) is 5.32 Å². The Hall–Kier alpha value is -2.89. The predicted molar refractivity (Wildman–Crippen MR) is 110 cm³/mol. The summed E-state index contributed by atoms with van der Waals surface area (Å²) in [5, 5.41) is 2.90. The number of hydrogen-bond donors (Lipinski definition) is 1. The molecule has 29 heavy (non-hydrogen) atoms. The highest BCUT2D eigenvalue weighted by molar-refractivity contribution is 5.89. The van der Waals surface area contributed by atoms with Crippen molar-refractivity contribution in [3.63, 3.8) is 0 Å². The monoisotopic (exact) mass is 395 g/mol. The molecule has 2 aromatic rings. The van der Waals surface area contributed by atoms with Gasteiger partial charge in [0.15, 0.2) is 0 Å². The second-order valence-electron chi connectivity index (χ2n) is 7.88. The van der Waals surface area contributed by atoms with Crippen LogP contribution in [0.1, 0.15) is 31.2 Å². The highest BCUT2D eigenvalue weighted by atomic mass is 19.1. The second kappa shape index (κ2) is 8.64. The van der Waals surface area contributed by atoms with E-state index in [0.29, 0.717) is 38.5 Å². The van der Waals surface area contributed by atoms with Crippen LogP contribution in [0.4, 0.5) is 14.9 Å². The van der Waals surface area contributed by atoms with Gasteiger partial charge in [-0.2, -0.15) is 0 Å². The molecule has 3 amide bonds. The van der Waals surface area contributed by atoms with Crippen LogP contribution in [0.25, 0.3) is 0 Å². The zero-order valence-electron chi connectivity index (χ0n) is 16.4. The third-order valence-corrected chi connectivity index (χ3v) is 5.69. The number of rotatable bonds is 5. The van der Waals surface area contributed by atoms with E-state index in [1.54, 1.807) is 17.0 Å². The zero-order chi connectivity index (χ0) is 20.2. The van der Waals surface area contributed by atoms with Gasteiger partial charge in [0.2, 0.25) is 5.91 Å². The van der Waals surface area contributed by atoms with Crippen molar-refractivity contribution in [3.05, 3.63) is 66.0 Å². The van der Waals surface area contributed by atoms with Gasteiger partial charge in [-0.1, -0.05) is 30.3 Å². The molecule has 2 aliphatic rings. The van der Waals surface area contributed by atoms with E-state index in [-0.39, 0.29) is 23.7 Å². The van der Waals surface area contributed by atoms with Crippen LogP contribution in [0.3, 0.4) is 0 Å². The number of anilines is 1. The lowest BCUT2D eigenvalue weighted by molar-refractivity contribution is -0.138. The molecule has 6 heteroatoms. The fourth-order valence-corrected chi connectivity index (χ4v) is 3.85. The third-order valence-electron chi connectivity index (χ3n) is 5.69. The number of nitrogens with one attached hydrogen (secondary N) is 1. The van der Waals surface area contributed by atoms with E-state index in [0.717, 1.165) is 24.1 Å². The minimum Gasteiger partial charge on any atom is -0.335 e. The Bertz CT molecular complexity index is 844. The molecule has 0 aromatic heterocycles. The van der Waals surface area contributed by atoms with E-state index >= 15 is 0 Å². The molecule has 2 aromatic carbocycles. The first-order valence-electron chi connectivity index (χ1n) is 10.3. The number of para-hydroxylation sites is 1. The molecule has 1 heterocycles. The number of amides is 3. The summed E-state index contributed by atoms with van der Waals surface area (Å²) in [6.07, 6.45) is 3.41. The van der Waals surface area contributed by atoms with Gasteiger partial charge in [0.25, 0.3) is 0 Å². The summed E-state index contributed by atoms with van der Waals surface area (Å²) in [5.41, 5.74) is 1.72. The van der Waals surface area contributed by atoms with Crippen molar-refractivity contribution >= 4 is 17.6 Å². The normalized spacial score (nSPS) is 17.1. The highest BCUT2D eigenvalue weighted by Crippen LogP contribution is 2.32. The number of benzene rings is 2. The van der Waals surface area contributed by atoms with Gasteiger partial charge in [0.1, 0.15) is 5.82 Å². The fourth-order valence-electron chi connectivity index (χ4n) is 3.85. The molecule has 0 unspecified atom stereocenters. The first kappa shape index (κ1) is 19.4. The Kier molecular flexibility index (Phi) is 5.79. The smallest absolute Gasteiger partial charge is 0.321 e. The maximum absolute atomic E-state index is 13.2. The van der Waals surface area contributed by atoms with Crippen LogP contribution in [0.5, 0.6) is 0 Å². The van der Waals surface area contributed by atoms with Gasteiger partial charge in [0, 0.05) is 37.3 Å². The zero-order valence-corrected chi connectivity index (χ0v) is 16.4. The Morgan fingerprint density at radius 1 is 0.966 bits per heavy atom. The van der Waals surface area contributed by atoms with Gasteiger partial charge in [-0.25, -0.2) is 9.18 Å². The topological polar surface area (TPSA) is 52.7 Å². The molecule has 4 rings (SSSR count). The van der Waals surface area contributed by atoms with E-state index in [9.17, 15) is 14.0 Å². The van der Waals surface area contributed by atoms with Crippen LogP contribution in [0, 0.1) is 11.7 Å². The van der Waals surface area contributed by atoms with Gasteiger partial charge >= 0.3 is 6.03 Å². The summed E-state index contributed by atoms with van der Waals surface area (Å²) in [6.45, 7) is 1.67. The SMILES string of the molecule is O=C(Nc1ccccc1)N1CCC(C(=O)N(Cc2ccc(F)cc2)C2CC2)CC1. The molecular weight excluding hydrogens is 369 g/mol. The molecular formula is C23H26FN3O2. The number of halogens is 1. The van der Waals surface area contributed by atoms with Crippen molar-refractivity contribution < 1.29 is 14.0 Å². The van der Waals surface area contributed by atoms with Gasteiger partial charge in [-0.3, -0.25) is 4.79 Å². The summed E-state index contributed by atoms with van der Waals surface area (Å²) < 4.78 is 13.2. The maximum atomic E-state index is 13.2. The minimum atomic E-state index is -0.265. The number of likely N-dealkylation sites (tertiary alicyclic amines) is 1. The molecule has 0 atom stereocenters. The van der Waals surface area contributed by atoms with E-state index in [1.807, 2.05) is 35.2 Å². The van der Waals surface area contributed by atoms with Crippen LogP contribution in [-0.4, -0.2) is 40.9 Å². The van der Waals surface area contributed by atoms with Gasteiger partial charge in [0.05, 0.1) is 0 Å². The van der Waals surface area contributed by atoms with Crippen LogP contribution >= 0.6 is 0 Å². The quantitative estimate of drug-likeness (QED) is 0.822. The molecule has 152 valence electrons. The number of urea groups is 1. The van der Waals surface area contributed by atoms with E-state index in [1.165, 1.54) is 12.1 Å². The summed E-state index contributed by atoms with van der Waals surface area (Å²) in [6, 6.07) is 15.9. The first-order chi connectivity index (χ1) is 14.1. The van der Waals surface area contributed by atoms with Crippen LogP contribution in [-0.2, 0) is 11.3 Å². The van der Waals surface area contributed by atoms with Crippen LogP contribution < -0.4 is 5.32 Å². The van der Waals surface area contributed by atoms with Crippen LogP contribution in [0.15, 0.2) is 54.6 Å². The molecule has 1 N–H and O–H groups in total. The number of carbonyl (C=O) groups excluding carboxylic acids is 2. The molecule has 2 fully saturated rings. The number of nitrogens with zero attached hydrogens (tertiary/aromatic N) is 2. The van der Waals surface area contributed by atoms with Crippen molar-refractivity contribution in [2.24, 2.45) is 5.92 Å². The molecule has 0 bridgehead atoms. The minimum absolute atomic E-state index is 0.0585. The lowest BCUT2D eigenvalue weighted by Gasteiger charge is -2.34. The Morgan fingerprint density at radius 3 is 2.24 bits per heavy atom. The van der Waals surface area contributed by atoms with Crippen molar-refractivity contribution in [3.8, 4) is 0 Å². The molecule has 1 saturated heterocycles. The molecule has 0 radical (unpaired) electrons. The van der Waals surface area contributed by atoms with Gasteiger partial charge in [-0.15, -0.1) is 0 Å². The van der Waals surface area contributed by atoms with Crippen molar-refractivity contribution in [1.82, 2.24) is 9.80 Å². The Morgan fingerprint density at radius 2 is 1.62 bits per heavy atom. The number of carbonyl (C=O) groups is 2.